The molecule has 0 amide bonds. The van der Waals surface area contributed by atoms with Crippen molar-refractivity contribution in [2.45, 2.75) is 11.8 Å². The molecule has 80 valence electrons. The molecule has 0 N–H and O–H groups in total. The van der Waals surface area contributed by atoms with E-state index < -0.39 is 0 Å². The summed E-state index contributed by atoms with van der Waals surface area (Å²) in [6, 6.07) is 7.11. The summed E-state index contributed by atoms with van der Waals surface area (Å²) >= 11 is 6.89. The van der Waals surface area contributed by atoms with Crippen molar-refractivity contribution in [3.63, 3.8) is 0 Å². The summed E-state index contributed by atoms with van der Waals surface area (Å²) in [4.78, 5) is 22.9. The van der Waals surface area contributed by atoms with Gasteiger partial charge in [-0.3, -0.25) is 9.59 Å². The van der Waals surface area contributed by atoms with E-state index in [1.165, 1.54) is 11.8 Å². The molecule has 0 spiro atoms. The molecule has 2 nitrogen and oxygen atoms in total. The Labute approximate surface area is 98.0 Å². The number of alkyl halides is 1. The van der Waals surface area contributed by atoms with Crippen molar-refractivity contribution in [1.29, 1.82) is 0 Å². The van der Waals surface area contributed by atoms with Crippen LogP contribution in [0, 0.1) is 0 Å². The first-order valence-electron chi connectivity index (χ1n) is 4.45. The third-order valence-corrected chi connectivity index (χ3v) is 3.14. The van der Waals surface area contributed by atoms with E-state index in [-0.39, 0.29) is 17.4 Å². The number of carbonyl (C=O) groups is 2. The first-order chi connectivity index (χ1) is 7.13. The molecule has 15 heavy (non-hydrogen) atoms. The van der Waals surface area contributed by atoms with Crippen molar-refractivity contribution in [3.8, 4) is 0 Å². The van der Waals surface area contributed by atoms with E-state index >= 15 is 0 Å². The molecule has 1 aromatic carbocycles. The average molecular weight is 243 g/mol. The van der Waals surface area contributed by atoms with Crippen LogP contribution < -0.4 is 0 Å². The predicted octanol–water partition coefficient (Wildman–Crippen LogP) is 2.79. The number of thioether (sulfide) groups is 1. The summed E-state index contributed by atoms with van der Waals surface area (Å²) in [6.07, 6.45) is 0. The van der Waals surface area contributed by atoms with Crippen molar-refractivity contribution in [3.05, 3.63) is 29.8 Å². The Bertz CT molecular complexity index is 359. The van der Waals surface area contributed by atoms with Gasteiger partial charge < -0.3 is 0 Å². The zero-order valence-electron chi connectivity index (χ0n) is 8.33. The minimum atomic E-state index is -0.0835. The van der Waals surface area contributed by atoms with Crippen LogP contribution in [0.3, 0.4) is 0 Å². The molecule has 0 aromatic heterocycles. The fraction of sp³-hybridized carbons (Fsp3) is 0.273. The summed E-state index contributed by atoms with van der Waals surface area (Å²) in [7, 11) is 0. The molecule has 0 heterocycles. The molecule has 0 aliphatic carbocycles. The van der Waals surface area contributed by atoms with Crippen molar-refractivity contribution in [2.24, 2.45) is 0 Å². The van der Waals surface area contributed by atoms with Crippen LogP contribution in [0.2, 0.25) is 0 Å². The minimum Gasteiger partial charge on any atom is -0.299 e. The molecule has 0 aliphatic rings. The second kappa shape index (κ2) is 5.93. The summed E-state index contributed by atoms with van der Waals surface area (Å²) < 4.78 is 0. The van der Waals surface area contributed by atoms with Crippen LogP contribution in [0.5, 0.6) is 0 Å². The maximum Gasteiger partial charge on any atom is 0.177 e. The van der Waals surface area contributed by atoms with Crippen LogP contribution in [-0.2, 0) is 4.79 Å². The number of benzene rings is 1. The van der Waals surface area contributed by atoms with E-state index in [0.29, 0.717) is 11.3 Å². The second-order valence-electron chi connectivity index (χ2n) is 3.07. The normalized spacial score (nSPS) is 10.0. The van der Waals surface area contributed by atoms with Gasteiger partial charge in [0.05, 0.1) is 11.6 Å². The zero-order valence-corrected chi connectivity index (χ0v) is 9.90. The standard InChI is InChI=1S/C11H11ClO2S/c1-8(13)7-15-10-4-2-9(3-5-10)11(14)6-12/h2-5H,6-7H2,1H3. The van der Waals surface area contributed by atoms with Gasteiger partial charge in [0, 0.05) is 10.5 Å². The van der Waals surface area contributed by atoms with Gasteiger partial charge in [0.25, 0.3) is 0 Å². The molecule has 0 radical (unpaired) electrons. The first kappa shape index (κ1) is 12.3. The second-order valence-corrected chi connectivity index (χ2v) is 4.39. The maximum atomic E-state index is 11.2. The molecule has 0 unspecified atom stereocenters. The van der Waals surface area contributed by atoms with E-state index in [2.05, 4.69) is 0 Å². The third-order valence-electron chi connectivity index (χ3n) is 1.74. The summed E-state index contributed by atoms with van der Waals surface area (Å²) in [5.74, 6) is 0.517. The lowest BCUT2D eigenvalue weighted by molar-refractivity contribution is -0.114. The fourth-order valence-corrected chi connectivity index (χ4v) is 1.85. The SMILES string of the molecule is CC(=O)CSc1ccc(C(=O)CCl)cc1. The highest BCUT2D eigenvalue weighted by molar-refractivity contribution is 8.00. The fourth-order valence-electron chi connectivity index (χ4n) is 0.999. The highest BCUT2D eigenvalue weighted by Gasteiger charge is 2.03. The topological polar surface area (TPSA) is 34.1 Å². The molecule has 1 rings (SSSR count). The summed E-state index contributed by atoms with van der Waals surface area (Å²) in [6.45, 7) is 1.55. The molecular formula is C11H11ClO2S. The van der Waals surface area contributed by atoms with Crippen molar-refractivity contribution < 1.29 is 9.59 Å². The smallest absolute Gasteiger partial charge is 0.177 e. The van der Waals surface area contributed by atoms with Crippen molar-refractivity contribution in [1.82, 2.24) is 0 Å². The van der Waals surface area contributed by atoms with E-state index in [4.69, 9.17) is 11.6 Å². The van der Waals surface area contributed by atoms with Crippen LogP contribution in [-0.4, -0.2) is 23.2 Å². The van der Waals surface area contributed by atoms with Crippen LogP contribution in [0.25, 0.3) is 0 Å². The monoisotopic (exact) mass is 242 g/mol. The van der Waals surface area contributed by atoms with E-state index in [1.54, 1.807) is 19.1 Å². The number of rotatable bonds is 5. The number of Topliss-reactive ketones (excluding diaryl/α,β-unsaturated/α-hetero) is 2. The number of carbonyl (C=O) groups excluding carboxylic acids is 2. The van der Waals surface area contributed by atoms with Crippen LogP contribution in [0.4, 0.5) is 0 Å². The van der Waals surface area contributed by atoms with Crippen molar-refractivity contribution in [2.75, 3.05) is 11.6 Å². The largest absolute Gasteiger partial charge is 0.299 e. The quantitative estimate of drug-likeness (QED) is 0.452. The lowest BCUT2D eigenvalue weighted by atomic mass is 10.1. The molecule has 4 heteroatoms. The molecular weight excluding hydrogens is 232 g/mol. The van der Waals surface area contributed by atoms with E-state index in [9.17, 15) is 9.59 Å². The number of halogens is 1. The minimum absolute atomic E-state index is 0.0000640. The van der Waals surface area contributed by atoms with Crippen LogP contribution >= 0.6 is 23.4 Å². The van der Waals surface area contributed by atoms with Crippen molar-refractivity contribution >= 4 is 34.9 Å². The van der Waals surface area contributed by atoms with E-state index in [0.717, 1.165) is 4.90 Å². The van der Waals surface area contributed by atoms with Gasteiger partial charge in [-0.15, -0.1) is 23.4 Å². The van der Waals surface area contributed by atoms with Gasteiger partial charge in [-0.25, -0.2) is 0 Å². The molecule has 0 aliphatic heterocycles. The number of hydrogen-bond donors (Lipinski definition) is 0. The Morgan fingerprint density at radius 1 is 1.27 bits per heavy atom. The highest BCUT2D eigenvalue weighted by atomic mass is 35.5. The maximum absolute atomic E-state index is 11.2. The van der Waals surface area contributed by atoms with Gasteiger partial charge in [-0.2, -0.15) is 0 Å². The molecule has 1 aromatic rings. The molecule has 0 atom stereocenters. The van der Waals surface area contributed by atoms with Crippen LogP contribution in [0.15, 0.2) is 29.2 Å². The number of ketones is 2. The Balaban J connectivity index is 2.64. The predicted molar refractivity (Wildman–Crippen MR) is 62.9 cm³/mol. The first-order valence-corrected chi connectivity index (χ1v) is 5.97. The zero-order chi connectivity index (χ0) is 11.3. The molecule has 0 fully saturated rings. The van der Waals surface area contributed by atoms with Gasteiger partial charge in [0.1, 0.15) is 5.78 Å². The van der Waals surface area contributed by atoms with E-state index in [1.807, 2.05) is 12.1 Å². The van der Waals surface area contributed by atoms with Crippen LogP contribution in [0.1, 0.15) is 17.3 Å². The van der Waals surface area contributed by atoms with Gasteiger partial charge in [0.15, 0.2) is 5.78 Å². The Morgan fingerprint density at radius 2 is 1.87 bits per heavy atom. The average Bonchev–Trinajstić information content (AvgIpc) is 2.26. The van der Waals surface area contributed by atoms with Gasteiger partial charge >= 0.3 is 0 Å². The highest BCUT2D eigenvalue weighted by Crippen LogP contribution is 2.18. The Hall–Kier alpha value is -0.800. The van der Waals surface area contributed by atoms with Gasteiger partial charge in [-0.05, 0) is 19.1 Å². The lowest BCUT2D eigenvalue weighted by Crippen LogP contribution is -1.99. The Kier molecular flexibility index (Phi) is 4.85. The summed E-state index contributed by atoms with van der Waals surface area (Å²) in [5.41, 5.74) is 0.608. The summed E-state index contributed by atoms with van der Waals surface area (Å²) in [5, 5.41) is 0. The molecule has 0 saturated heterocycles. The lowest BCUT2D eigenvalue weighted by Gasteiger charge is -2.00. The Morgan fingerprint density at radius 3 is 2.33 bits per heavy atom. The molecule has 0 bridgehead atoms. The third kappa shape index (κ3) is 4.06. The number of hydrogen-bond acceptors (Lipinski definition) is 3. The molecule has 0 saturated carbocycles. The van der Waals surface area contributed by atoms with Gasteiger partial charge in [0.2, 0.25) is 0 Å². The van der Waals surface area contributed by atoms with Gasteiger partial charge in [-0.1, -0.05) is 12.1 Å².